The first-order chi connectivity index (χ1) is 7.84. The van der Waals surface area contributed by atoms with E-state index in [4.69, 9.17) is 5.11 Å². The van der Waals surface area contributed by atoms with Gasteiger partial charge in [0.1, 0.15) is 6.54 Å². The average molecular weight is 251 g/mol. The number of halogens is 4. The molecule has 0 aliphatic rings. The number of carbonyl (C=O) groups is 2. The van der Waals surface area contributed by atoms with Gasteiger partial charge in [0.15, 0.2) is 23.3 Å². The second-order valence-electron chi connectivity index (χ2n) is 2.92. The molecule has 0 bridgehead atoms. The highest BCUT2D eigenvalue weighted by Crippen LogP contribution is 2.18. The van der Waals surface area contributed by atoms with Crippen molar-refractivity contribution in [3.63, 3.8) is 0 Å². The first kappa shape index (κ1) is 12.9. The van der Waals surface area contributed by atoms with Gasteiger partial charge in [0.05, 0.1) is 5.56 Å². The molecule has 0 fully saturated rings. The second kappa shape index (κ2) is 4.81. The van der Waals surface area contributed by atoms with Gasteiger partial charge >= 0.3 is 5.97 Å². The second-order valence-corrected chi connectivity index (χ2v) is 2.92. The highest BCUT2D eigenvalue weighted by Gasteiger charge is 2.23. The maximum atomic E-state index is 13.0. The van der Waals surface area contributed by atoms with E-state index in [1.807, 2.05) is 0 Å². The molecule has 0 unspecified atom stereocenters. The summed E-state index contributed by atoms with van der Waals surface area (Å²) in [6.07, 6.45) is 0. The van der Waals surface area contributed by atoms with Gasteiger partial charge in [-0.05, 0) is 6.07 Å². The SMILES string of the molecule is O=C(O)CNC(=O)c1cc(F)c(F)c(F)c1F. The van der Waals surface area contributed by atoms with Crippen molar-refractivity contribution in [2.45, 2.75) is 0 Å². The Morgan fingerprint density at radius 1 is 1.12 bits per heavy atom. The number of hydrogen-bond donors (Lipinski definition) is 2. The van der Waals surface area contributed by atoms with E-state index in [1.165, 1.54) is 0 Å². The van der Waals surface area contributed by atoms with Crippen molar-refractivity contribution in [3.05, 3.63) is 34.9 Å². The summed E-state index contributed by atoms with van der Waals surface area (Å²) in [7, 11) is 0. The topological polar surface area (TPSA) is 66.4 Å². The fraction of sp³-hybridized carbons (Fsp3) is 0.111. The fourth-order valence-electron chi connectivity index (χ4n) is 0.989. The van der Waals surface area contributed by atoms with Crippen molar-refractivity contribution in [3.8, 4) is 0 Å². The molecule has 0 aromatic heterocycles. The van der Waals surface area contributed by atoms with Crippen LogP contribution in [0.3, 0.4) is 0 Å². The summed E-state index contributed by atoms with van der Waals surface area (Å²) in [4.78, 5) is 21.2. The molecule has 0 aliphatic heterocycles. The first-order valence-corrected chi connectivity index (χ1v) is 4.17. The number of hydrogen-bond acceptors (Lipinski definition) is 2. The highest BCUT2D eigenvalue weighted by molar-refractivity contribution is 5.96. The standard InChI is InChI=1S/C9H5F4NO3/c10-4-1-3(6(11)8(13)7(4)12)9(17)14-2-5(15)16/h1H,2H2,(H,14,17)(H,15,16). The summed E-state index contributed by atoms with van der Waals surface area (Å²) >= 11 is 0. The molecular weight excluding hydrogens is 246 g/mol. The van der Waals surface area contributed by atoms with Crippen LogP contribution in [0.2, 0.25) is 0 Å². The van der Waals surface area contributed by atoms with Gasteiger partial charge in [0, 0.05) is 0 Å². The zero-order chi connectivity index (χ0) is 13.2. The van der Waals surface area contributed by atoms with E-state index in [0.29, 0.717) is 0 Å². The van der Waals surface area contributed by atoms with Crippen LogP contribution in [0.25, 0.3) is 0 Å². The smallest absolute Gasteiger partial charge is 0.322 e. The zero-order valence-electron chi connectivity index (χ0n) is 8.06. The van der Waals surface area contributed by atoms with Crippen molar-refractivity contribution in [1.82, 2.24) is 5.32 Å². The number of rotatable bonds is 3. The molecule has 2 N–H and O–H groups in total. The molecule has 0 saturated carbocycles. The van der Waals surface area contributed by atoms with Crippen molar-refractivity contribution in [2.24, 2.45) is 0 Å². The lowest BCUT2D eigenvalue weighted by molar-refractivity contribution is -0.135. The van der Waals surface area contributed by atoms with Crippen molar-refractivity contribution >= 4 is 11.9 Å². The summed E-state index contributed by atoms with van der Waals surface area (Å²) in [6.45, 7) is -0.862. The maximum Gasteiger partial charge on any atom is 0.322 e. The van der Waals surface area contributed by atoms with Crippen LogP contribution >= 0.6 is 0 Å². The molecule has 0 atom stereocenters. The van der Waals surface area contributed by atoms with Gasteiger partial charge < -0.3 is 10.4 Å². The number of amides is 1. The number of carboxylic acid groups (broad SMARTS) is 1. The number of carboxylic acids is 1. The lowest BCUT2D eigenvalue weighted by Gasteiger charge is -2.05. The van der Waals surface area contributed by atoms with E-state index in [-0.39, 0.29) is 6.07 Å². The van der Waals surface area contributed by atoms with E-state index < -0.39 is 47.3 Å². The normalized spacial score (nSPS) is 10.1. The van der Waals surface area contributed by atoms with E-state index in [9.17, 15) is 27.2 Å². The predicted octanol–water partition coefficient (Wildman–Crippen LogP) is 1.06. The fourth-order valence-corrected chi connectivity index (χ4v) is 0.989. The van der Waals surface area contributed by atoms with Crippen LogP contribution < -0.4 is 5.32 Å². The Labute approximate surface area is 91.9 Å². The number of benzene rings is 1. The minimum absolute atomic E-state index is 0.144. The third kappa shape index (κ3) is 2.71. The molecule has 0 saturated heterocycles. The van der Waals surface area contributed by atoms with E-state index in [2.05, 4.69) is 0 Å². The molecule has 8 heteroatoms. The summed E-state index contributed by atoms with van der Waals surface area (Å²) in [6, 6.07) is 0.144. The lowest BCUT2D eigenvalue weighted by Crippen LogP contribution is -2.30. The Hall–Kier alpha value is -2.12. The summed E-state index contributed by atoms with van der Waals surface area (Å²) in [5.41, 5.74) is -1.11. The van der Waals surface area contributed by atoms with Crippen LogP contribution in [0, 0.1) is 23.3 Å². The van der Waals surface area contributed by atoms with Gasteiger partial charge in [-0.3, -0.25) is 9.59 Å². The Bertz CT molecular complexity index is 490. The zero-order valence-corrected chi connectivity index (χ0v) is 8.06. The minimum Gasteiger partial charge on any atom is -0.480 e. The first-order valence-electron chi connectivity index (χ1n) is 4.17. The summed E-state index contributed by atoms with van der Waals surface area (Å²) < 4.78 is 51.0. The average Bonchev–Trinajstić information content (AvgIpc) is 2.28. The van der Waals surface area contributed by atoms with Gasteiger partial charge in [-0.2, -0.15) is 0 Å². The Kier molecular flexibility index (Phi) is 3.66. The summed E-state index contributed by atoms with van der Waals surface area (Å²) in [5, 5.41) is 9.89. The van der Waals surface area contributed by atoms with Crippen molar-refractivity contribution < 1.29 is 32.3 Å². The third-order valence-electron chi connectivity index (χ3n) is 1.75. The van der Waals surface area contributed by atoms with Crippen molar-refractivity contribution in [2.75, 3.05) is 6.54 Å². The Morgan fingerprint density at radius 3 is 2.24 bits per heavy atom. The maximum absolute atomic E-state index is 13.0. The monoisotopic (exact) mass is 251 g/mol. The van der Waals surface area contributed by atoms with Crippen LogP contribution in [0.5, 0.6) is 0 Å². The van der Waals surface area contributed by atoms with Crippen LogP contribution in [0.15, 0.2) is 6.07 Å². The quantitative estimate of drug-likeness (QED) is 0.479. The van der Waals surface area contributed by atoms with Crippen LogP contribution in [0.4, 0.5) is 17.6 Å². The third-order valence-corrected chi connectivity index (χ3v) is 1.75. The highest BCUT2D eigenvalue weighted by atomic mass is 19.2. The van der Waals surface area contributed by atoms with Crippen LogP contribution in [0.1, 0.15) is 10.4 Å². The number of nitrogens with one attached hydrogen (secondary N) is 1. The molecule has 92 valence electrons. The molecule has 0 aliphatic carbocycles. The van der Waals surface area contributed by atoms with Gasteiger partial charge in [0.25, 0.3) is 5.91 Å². The predicted molar refractivity (Wildman–Crippen MR) is 46.2 cm³/mol. The molecule has 1 amide bonds. The van der Waals surface area contributed by atoms with Crippen LogP contribution in [-0.2, 0) is 4.79 Å². The molecular formula is C9H5F4NO3. The van der Waals surface area contributed by atoms with Gasteiger partial charge in [-0.15, -0.1) is 0 Å². The van der Waals surface area contributed by atoms with Gasteiger partial charge in [-0.25, -0.2) is 17.6 Å². The van der Waals surface area contributed by atoms with E-state index >= 15 is 0 Å². The van der Waals surface area contributed by atoms with Gasteiger partial charge in [0.2, 0.25) is 0 Å². The Balaban J connectivity index is 3.06. The molecule has 1 aromatic carbocycles. The molecule has 1 aromatic rings. The molecule has 17 heavy (non-hydrogen) atoms. The lowest BCUT2D eigenvalue weighted by atomic mass is 10.1. The molecule has 0 radical (unpaired) electrons. The number of carbonyl (C=O) groups excluding carboxylic acids is 1. The molecule has 0 spiro atoms. The Morgan fingerprint density at radius 2 is 1.71 bits per heavy atom. The van der Waals surface area contributed by atoms with Crippen molar-refractivity contribution in [1.29, 1.82) is 0 Å². The molecule has 4 nitrogen and oxygen atoms in total. The molecule has 0 heterocycles. The van der Waals surface area contributed by atoms with Gasteiger partial charge in [-0.1, -0.05) is 0 Å². The summed E-state index contributed by atoms with van der Waals surface area (Å²) in [5.74, 6) is -10.6. The van der Waals surface area contributed by atoms with E-state index in [1.54, 1.807) is 5.32 Å². The van der Waals surface area contributed by atoms with Crippen LogP contribution in [-0.4, -0.2) is 23.5 Å². The number of aliphatic carboxylic acids is 1. The largest absolute Gasteiger partial charge is 0.480 e. The van der Waals surface area contributed by atoms with E-state index in [0.717, 1.165) is 0 Å². The molecule has 1 rings (SSSR count). The minimum atomic E-state index is -2.13.